The van der Waals surface area contributed by atoms with Gasteiger partial charge in [0.1, 0.15) is 5.60 Å². The number of rotatable bonds is 5. The Labute approximate surface area is 119 Å². The predicted octanol–water partition coefficient (Wildman–Crippen LogP) is 1.79. The molecule has 1 saturated carbocycles. The summed E-state index contributed by atoms with van der Waals surface area (Å²) in [4.78, 5) is 16.1. The minimum atomic E-state index is -1.17. The van der Waals surface area contributed by atoms with Crippen LogP contribution in [-0.2, 0) is 11.3 Å². The van der Waals surface area contributed by atoms with E-state index in [2.05, 4.69) is 10.3 Å². The lowest BCUT2D eigenvalue weighted by Gasteiger charge is -2.20. The van der Waals surface area contributed by atoms with E-state index < -0.39 is 5.60 Å². The number of nitrogens with zero attached hydrogens (tertiary/aromatic N) is 1. The van der Waals surface area contributed by atoms with Crippen LogP contribution >= 0.6 is 0 Å². The van der Waals surface area contributed by atoms with E-state index in [9.17, 15) is 9.90 Å². The first-order valence-corrected chi connectivity index (χ1v) is 7.12. The number of hydrogen-bond acceptors (Lipinski definition) is 4. The Morgan fingerprint density at radius 1 is 1.45 bits per heavy atom. The average molecular weight is 278 g/mol. The summed E-state index contributed by atoms with van der Waals surface area (Å²) in [6.45, 7) is 4.26. The van der Waals surface area contributed by atoms with E-state index in [1.807, 2.05) is 19.9 Å². The van der Waals surface area contributed by atoms with E-state index >= 15 is 0 Å². The van der Waals surface area contributed by atoms with Gasteiger partial charge in [-0.1, -0.05) is 6.07 Å². The van der Waals surface area contributed by atoms with Gasteiger partial charge < -0.3 is 15.2 Å². The largest absolute Gasteiger partial charge is 0.475 e. The van der Waals surface area contributed by atoms with E-state index in [-0.39, 0.29) is 12.0 Å². The van der Waals surface area contributed by atoms with Crippen molar-refractivity contribution in [2.24, 2.45) is 0 Å². The van der Waals surface area contributed by atoms with Gasteiger partial charge in [0, 0.05) is 18.8 Å². The number of carbonyl (C=O) groups is 1. The maximum Gasteiger partial charge on any atom is 0.252 e. The van der Waals surface area contributed by atoms with Gasteiger partial charge in [-0.25, -0.2) is 4.98 Å². The van der Waals surface area contributed by atoms with Gasteiger partial charge >= 0.3 is 0 Å². The van der Waals surface area contributed by atoms with Crippen LogP contribution in [0.15, 0.2) is 18.3 Å². The highest BCUT2D eigenvalue weighted by Gasteiger charge is 2.38. The zero-order valence-corrected chi connectivity index (χ0v) is 12.1. The molecule has 2 rings (SSSR count). The molecule has 1 aliphatic rings. The molecule has 20 heavy (non-hydrogen) atoms. The molecule has 5 heteroatoms. The molecule has 0 radical (unpaired) electrons. The molecule has 1 aromatic rings. The second kappa shape index (κ2) is 6.22. The summed E-state index contributed by atoms with van der Waals surface area (Å²) < 4.78 is 5.45. The lowest BCUT2D eigenvalue weighted by molar-refractivity contribution is -0.139. The average Bonchev–Trinajstić information content (AvgIpc) is 2.85. The second-order valence-electron chi connectivity index (χ2n) is 5.59. The Bertz CT molecular complexity index is 451. The van der Waals surface area contributed by atoms with E-state index in [0.29, 0.717) is 25.3 Å². The van der Waals surface area contributed by atoms with Crippen molar-refractivity contribution in [2.75, 3.05) is 0 Å². The molecule has 0 atom stereocenters. The SMILES string of the molecule is CC(C)Oc1ccc(CNC(=O)C2(O)CCCC2)cn1. The molecule has 1 amide bonds. The Morgan fingerprint density at radius 2 is 2.15 bits per heavy atom. The van der Waals surface area contributed by atoms with Gasteiger partial charge in [0.15, 0.2) is 0 Å². The first kappa shape index (κ1) is 14.8. The third-order valence-corrected chi connectivity index (χ3v) is 3.46. The molecule has 0 saturated heterocycles. The van der Waals surface area contributed by atoms with Crippen molar-refractivity contribution in [3.05, 3.63) is 23.9 Å². The molecule has 0 bridgehead atoms. The first-order valence-electron chi connectivity index (χ1n) is 7.12. The van der Waals surface area contributed by atoms with Crippen LogP contribution in [0.3, 0.4) is 0 Å². The van der Waals surface area contributed by atoms with Gasteiger partial charge in [-0.3, -0.25) is 4.79 Å². The number of carbonyl (C=O) groups excluding carboxylic acids is 1. The number of amides is 1. The van der Waals surface area contributed by atoms with Gasteiger partial charge in [0.25, 0.3) is 5.91 Å². The zero-order chi connectivity index (χ0) is 14.6. The summed E-state index contributed by atoms with van der Waals surface area (Å²) >= 11 is 0. The van der Waals surface area contributed by atoms with Crippen LogP contribution < -0.4 is 10.1 Å². The third-order valence-electron chi connectivity index (χ3n) is 3.46. The molecule has 1 heterocycles. The molecule has 0 unspecified atom stereocenters. The molecule has 2 N–H and O–H groups in total. The second-order valence-corrected chi connectivity index (χ2v) is 5.59. The number of aliphatic hydroxyl groups is 1. The molecule has 1 aromatic heterocycles. The highest BCUT2D eigenvalue weighted by Crippen LogP contribution is 2.29. The Hall–Kier alpha value is -1.62. The van der Waals surface area contributed by atoms with Crippen LogP contribution in [0.5, 0.6) is 5.88 Å². The van der Waals surface area contributed by atoms with Crippen molar-refractivity contribution < 1.29 is 14.6 Å². The monoisotopic (exact) mass is 278 g/mol. The maximum absolute atomic E-state index is 11.9. The summed E-state index contributed by atoms with van der Waals surface area (Å²) in [6.07, 6.45) is 4.69. The lowest BCUT2D eigenvalue weighted by atomic mass is 10.0. The molecule has 0 aliphatic heterocycles. The first-order chi connectivity index (χ1) is 9.49. The lowest BCUT2D eigenvalue weighted by Crippen LogP contribution is -2.44. The van der Waals surface area contributed by atoms with Crippen LogP contribution in [0.2, 0.25) is 0 Å². The maximum atomic E-state index is 11.9. The fourth-order valence-corrected chi connectivity index (χ4v) is 2.36. The molecule has 5 nitrogen and oxygen atoms in total. The number of ether oxygens (including phenoxy) is 1. The van der Waals surface area contributed by atoms with Crippen molar-refractivity contribution in [3.63, 3.8) is 0 Å². The van der Waals surface area contributed by atoms with Gasteiger partial charge in [-0.2, -0.15) is 0 Å². The van der Waals surface area contributed by atoms with Crippen LogP contribution in [0.1, 0.15) is 45.1 Å². The number of pyridine rings is 1. The molecule has 1 aliphatic carbocycles. The van der Waals surface area contributed by atoms with Crippen molar-refractivity contribution >= 4 is 5.91 Å². The topological polar surface area (TPSA) is 71.5 Å². The van der Waals surface area contributed by atoms with Gasteiger partial charge in [0.2, 0.25) is 5.88 Å². The van der Waals surface area contributed by atoms with E-state index in [0.717, 1.165) is 18.4 Å². The highest BCUT2D eigenvalue weighted by atomic mass is 16.5. The Balaban J connectivity index is 1.86. The summed E-state index contributed by atoms with van der Waals surface area (Å²) in [5, 5.41) is 12.9. The Morgan fingerprint density at radius 3 is 2.70 bits per heavy atom. The summed E-state index contributed by atoms with van der Waals surface area (Å²) in [5.74, 6) is 0.294. The third kappa shape index (κ3) is 3.70. The van der Waals surface area contributed by atoms with E-state index in [1.165, 1.54) is 0 Å². The number of nitrogens with one attached hydrogen (secondary N) is 1. The molecule has 0 aromatic carbocycles. The van der Waals surface area contributed by atoms with Crippen LogP contribution in [0.4, 0.5) is 0 Å². The van der Waals surface area contributed by atoms with E-state index in [1.54, 1.807) is 12.3 Å². The van der Waals surface area contributed by atoms with Crippen LogP contribution in [0, 0.1) is 0 Å². The normalized spacial score (nSPS) is 17.2. The van der Waals surface area contributed by atoms with Crippen molar-refractivity contribution in [2.45, 2.75) is 57.8 Å². The summed E-state index contributed by atoms with van der Waals surface area (Å²) in [6, 6.07) is 3.65. The quantitative estimate of drug-likeness (QED) is 0.861. The molecular formula is C15H22N2O3. The van der Waals surface area contributed by atoms with E-state index in [4.69, 9.17) is 4.74 Å². The van der Waals surface area contributed by atoms with Crippen molar-refractivity contribution in [1.29, 1.82) is 0 Å². The van der Waals surface area contributed by atoms with Crippen LogP contribution in [-0.4, -0.2) is 27.7 Å². The predicted molar refractivity (Wildman–Crippen MR) is 75.3 cm³/mol. The van der Waals surface area contributed by atoms with Gasteiger partial charge in [0.05, 0.1) is 6.10 Å². The number of aromatic nitrogens is 1. The molecule has 0 spiro atoms. The minimum absolute atomic E-state index is 0.0877. The molecular weight excluding hydrogens is 256 g/mol. The van der Waals surface area contributed by atoms with Crippen LogP contribution in [0.25, 0.3) is 0 Å². The van der Waals surface area contributed by atoms with Crippen molar-refractivity contribution in [1.82, 2.24) is 10.3 Å². The molecule has 110 valence electrons. The fourth-order valence-electron chi connectivity index (χ4n) is 2.36. The van der Waals surface area contributed by atoms with Crippen molar-refractivity contribution in [3.8, 4) is 5.88 Å². The summed E-state index contributed by atoms with van der Waals surface area (Å²) in [5.41, 5.74) is -0.287. The fraction of sp³-hybridized carbons (Fsp3) is 0.600. The molecule has 1 fully saturated rings. The number of hydrogen-bond donors (Lipinski definition) is 2. The van der Waals surface area contributed by atoms with Gasteiger partial charge in [-0.05, 0) is 45.1 Å². The minimum Gasteiger partial charge on any atom is -0.475 e. The zero-order valence-electron chi connectivity index (χ0n) is 12.1. The summed E-state index contributed by atoms with van der Waals surface area (Å²) in [7, 11) is 0. The standard InChI is InChI=1S/C15H22N2O3/c1-11(2)20-13-6-5-12(9-16-13)10-17-14(18)15(19)7-3-4-8-15/h5-6,9,11,19H,3-4,7-8,10H2,1-2H3,(H,17,18). The Kier molecular flexibility index (Phi) is 4.60. The highest BCUT2D eigenvalue weighted by molar-refractivity contribution is 5.85. The smallest absolute Gasteiger partial charge is 0.252 e. The van der Waals surface area contributed by atoms with Gasteiger partial charge in [-0.15, -0.1) is 0 Å².